The summed E-state index contributed by atoms with van der Waals surface area (Å²) < 4.78 is 7.19. The van der Waals surface area contributed by atoms with Gasteiger partial charge in [-0.15, -0.1) is 0 Å². The van der Waals surface area contributed by atoms with Crippen molar-refractivity contribution in [2.45, 2.75) is 12.5 Å². The molecule has 5 heteroatoms. The lowest BCUT2D eigenvalue weighted by Gasteiger charge is -2.12. The van der Waals surface area contributed by atoms with Crippen LogP contribution in [0.3, 0.4) is 0 Å². The van der Waals surface area contributed by atoms with Gasteiger partial charge in [0.2, 0.25) is 0 Å². The Kier molecular flexibility index (Phi) is 3.62. The zero-order valence-corrected chi connectivity index (χ0v) is 10.9. The molecule has 0 aliphatic carbocycles. The van der Waals surface area contributed by atoms with Crippen LogP contribution in [0.5, 0.6) is 0 Å². The molecule has 0 aliphatic rings. The lowest BCUT2D eigenvalue weighted by atomic mass is 10.1. The number of furan rings is 1. The fraction of sp³-hybridized carbons (Fsp3) is 0.133. The monoisotopic (exact) mass is 268 g/mol. The first-order valence-corrected chi connectivity index (χ1v) is 6.45. The van der Waals surface area contributed by atoms with Crippen LogP contribution >= 0.6 is 0 Å². The molecular formula is C15H16N4O. The Morgan fingerprint density at radius 3 is 2.75 bits per heavy atom. The molecule has 1 unspecified atom stereocenters. The Bertz CT molecular complexity index is 646. The van der Waals surface area contributed by atoms with Crippen molar-refractivity contribution in [2.75, 3.05) is 0 Å². The van der Waals surface area contributed by atoms with Crippen LogP contribution in [0.4, 0.5) is 0 Å². The number of hydrazine groups is 1. The van der Waals surface area contributed by atoms with Crippen molar-refractivity contribution in [3.8, 4) is 5.69 Å². The molecule has 3 aromatic rings. The second-order valence-electron chi connectivity index (χ2n) is 4.56. The largest absolute Gasteiger partial charge is 0.469 e. The molecule has 102 valence electrons. The highest BCUT2D eigenvalue weighted by Crippen LogP contribution is 2.19. The van der Waals surface area contributed by atoms with Gasteiger partial charge >= 0.3 is 0 Å². The Morgan fingerprint density at radius 2 is 2.05 bits per heavy atom. The van der Waals surface area contributed by atoms with Crippen molar-refractivity contribution in [3.05, 3.63) is 72.4 Å². The molecule has 0 spiro atoms. The average Bonchev–Trinajstić information content (AvgIpc) is 3.17. The van der Waals surface area contributed by atoms with Gasteiger partial charge in [0.25, 0.3) is 0 Å². The summed E-state index contributed by atoms with van der Waals surface area (Å²) in [6, 6.07) is 13.7. The van der Waals surface area contributed by atoms with Gasteiger partial charge in [0.15, 0.2) is 0 Å². The molecule has 0 radical (unpaired) electrons. The summed E-state index contributed by atoms with van der Waals surface area (Å²) in [5, 5.41) is 4.38. The summed E-state index contributed by atoms with van der Waals surface area (Å²) >= 11 is 0. The van der Waals surface area contributed by atoms with Crippen LogP contribution < -0.4 is 11.3 Å². The second-order valence-corrected chi connectivity index (χ2v) is 4.56. The van der Waals surface area contributed by atoms with E-state index in [0.29, 0.717) is 6.42 Å². The Hall–Kier alpha value is -2.37. The summed E-state index contributed by atoms with van der Waals surface area (Å²) in [5.41, 5.74) is 4.85. The predicted octanol–water partition coefficient (Wildman–Crippen LogP) is 2.21. The molecule has 1 atom stereocenters. The molecule has 0 amide bonds. The lowest BCUT2D eigenvalue weighted by molar-refractivity contribution is 0.455. The summed E-state index contributed by atoms with van der Waals surface area (Å²) in [6.45, 7) is 0. The maximum atomic E-state index is 5.64. The van der Waals surface area contributed by atoms with Gasteiger partial charge in [0, 0.05) is 18.2 Å². The first-order chi connectivity index (χ1) is 9.86. The third kappa shape index (κ3) is 2.64. The number of nitrogens with one attached hydrogen (secondary N) is 1. The summed E-state index contributed by atoms with van der Waals surface area (Å²) in [5.74, 6) is 6.53. The summed E-state index contributed by atoms with van der Waals surface area (Å²) in [6.07, 6.45) is 6.14. The van der Waals surface area contributed by atoms with Crippen LogP contribution in [0.2, 0.25) is 0 Å². The SMILES string of the molecule is NNC(Cc1ccco1)c1cnn(-c2ccccc2)c1. The minimum absolute atomic E-state index is 0.0291. The first kappa shape index (κ1) is 12.7. The number of benzene rings is 1. The predicted molar refractivity (Wildman–Crippen MR) is 76.0 cm³/mol. The molecule has 0 saturated carbocycles. The lowest BCUT2D eigenvalue weighted by Crippen LogP contribution is -2.29. The van der Waals surface area contributed by atoms with Crippen LogP contribution in [0, 0.1) is 0 Å². The molecule has 0 saturated heterocycles. The van der Waals surface area contributed by atoms with Gasteiger partial charge in [-0.3, -0.25) is 11.3 Å². The number of hydrogen-bond acceptors (Lipinski definition) is 4. The molecule has 1 aromatic carbocycles. The van der Waals surface area contributed by atoms with Crippen molar-refractivity contribution in [2.24, 2.45) is 5.84 Å². The van der Waals surface area contributed by atoms with Crippen LogP contribution in [-0.2, 0) is 6.42 Å². The van der Waals surface area contributed by atoms with Crippen molar-refractivity contribution in [3.63, 3.8) is 0 Å². The fourth-order valence-corrected chi connectivity index (χ4v) is 2.14. The third-order valence-electron chi connectivity index (χ3n) is 3.21. The van der Waals surface area contributed by atoms with Gasteiger partial charge in [0.1, 0.15) is 5.76 Å². The number of para-hydroxylation sites is 1. The maximum Gasteiger partial charge on any atom is 0.105 e. The van der Waals surface area contributed by atoms with E-state index in [2.05, 4.69) is 10.5 Å². The molecule has 3 N–H and O–H groups in total. The van der Waals surface area contributed by atoms with Gasteiger partial charge in [-0.25, -0.2) is 4.68 Å². The van der Waals surface area contributed by atoms with E-state index in [1.165, 1.54) is 0 Å². The van der Waals surface area contributed by atoms with E-state index in [0.717, 1.165) is 17.0 Å². The minimum Gasteiger partial charge on any atom is -0.469 e. The molecule has 0 fully saturated rings. The topological polar surface area (TPSA) is 69.0 Å². The smallest absolute Gasteiger partial charge is 0.105 e. The van der Waals surface area contributed by atoms with E-state index in [4.69, 9.17) is 10.3 Å². The van der Waals surface area contributed by atoms with Crippen molar-refractivity contribution in [1.82, 2.24) is 15.2 Å². The minimum atomic E-state index is -0.0291. The third-order valence-corrected chi connectivity index (χ3v) is 3.21. The van der Waals surface area contributed by atoms with Crippen molar-refractivity contribution < 1.29 is 4.42 Å². The first-order valence-electron chi connectivity index (χ1n) is 6.45. The van der Waals surface area contributed by atoms with Gasteiger partial charge < -0.3 is 4.42 Å². The highest BCUT2D eigenvalue weighted by molar-refractivity contribution is 5.31. The van der Waals surface area contributed by atoms with Gasteiger partial charge in [-0.2, -0.15) is 5.10 Å². The van der Waals surface area contributed by atoms with E-state index in [9.17, 15) is 0 Å². The van der Waals surface area contributed by atoms with E-state index < -0.39 is 0 Å². The molecule has 3 rings (SSSR count). The van der Waals surface area contributed by atoms with Gasteiger partial charge in [0.05, 0.1) is 24.2 Å². The highest BCUT2D eigenvalue weighted by Gasteiger charge is 2.14. The van der Waals surface area contributed by atoms with E-state index >= 15 is 0 Å². The Balaban J connectivity index is 1.81. The van der Waals surface area contributed by atoms with E-state index in [1.54, 1.807) is 6.26 Å². The molecule has 2 aromatic heterocycles. The highest BCUT2D eigenvalue weighted by atomic mass is 16.3. The number of aromatic nitrogens is 2. The zero-order valence-electron chi connectivity index (χ0n) is 10.9. The van der Waals surface area contributed by atoms with Gasteiger partial charge in [-0.1, -0.05) is 18.2 Å². The van der Waals surface area contributed by atoms with Crippen molar-refractivity contribution >= 4 is 0 Å². The molecular weight excluding hydrogens is 252 g/mol. The zero-order chi connectivity index (χ0) is 13.8. The summed E-state index contributed by atoms with van der Waals surface area (Å²) in [4.78, 5) is 0. The van der Waals surface area contributed by atoms with Crippen LogP contribution in [0.1, 0.15) is 17.4 Å². The quantitative estimate of drug-likeness (QED) is 0.550. The number of nitrogens with two attached hydrogens (primary N) is 1. The molecule has 0 aliphatic heterocycles. The molecule has 2 heterocycles. The Morgan fingerprint density at radius 1 is 1.20 bits per heavy atom. The van der Waals surface area contributed by atoms with E-state index in [1.807, 2.05) is 59.5 Å². The van der Waals surface area contributed by atoms with Gasteiger partial charge in [-0.05, 0) is 24.3 Å². The maximum absolute atomic E-state index is 5.64. The van der Waals surface area contributed by atoms with Crippen LogP contribution in [0.25, 0.3) is 5.69 Å². The molecule has 5 nitrogen and oxygen atoms in total. The normalized spacial score (nSPS) is 12.4. The fourth-order valence-electron chi connectivity index (χ4n) is 2.14. The number of nitrogens with zero attached hydrogens (tertiary/aromatic N) is 2. The number of hydrogen-bond donors (Lipinski definition) is 2. The van der Waals surface area contributed by atoms with Crippen LogP contribution in [0.15, 0.2) is 65.5 Å². The van der Waals surface area contributed by atoms with E-state index in [-0.39, 0.29) is 6.04 Å². The second kappa shape index (κ2) is 5.73. The molecule has 20 heavy (non-hydrogen) atoms. The standard InChI is InChI=1S/C15H16N4O/c16-18-15(9-14-7-4-8-20-14)12-10-17-19(11-12)13-5-2-1-3-6-13/h1-8,10-11,15,18H,9,16H2. The average molecular weight is 268 g/mol. The summed E-state index contributed by atoms with van der Waals surface area (Å²) in [7, 11) is 0. The van der Waals surface area contributed by atoms with Crippen LogP contribution in [-0.4, -0.2) is 9.78 Å². The van der Waals surface area contributed by atoms with Crippen molar-refractivity contribution in [1.29, 1.82) is 0 Å². The number of rotatable bonds is 5. The molecule has 0 bridgehead atoms. The Labute approximate surface area is 117 Å².